The summed E-state index contributed by atoms with van der Waals surface area (Å²) in [6, 6.07) is 12.7. The van der Waals surface area contributed by atoms with Crippen molar-refractivity contribution in [3.05, 3.63) is 57.8 Å². The molecule has 1 fully saturated rings. The molecule has 3 atom stereocenters. The van der Waals surface area contributed by atoms with Crippen molar-refractivity contribution >= 4 is 17.2 Å². The first-order valence-electron chi connectivity index (χ1n) is 9.50. The van der Waals surface area contributed by atoms with Crippen molar-refractivity contribution < 1.29 is 4.79 Å². The highest BCUT2D eigenvalue weighted by Crippen LogP contribution is 2.33. The molecule has 2 aromatic rings. The quantitative estimate of drug-likeness (QED) is 0.901. The predicted octanol–water partition coefficient (Wildman–Crippen LogP) is 2.70. The van der Waals surface area contributed by atoms with E-state index in [0.29, 0.717) is 18.4 Å². The minimum absolute atomic E-state index is 0.0852. The lowest BCUT2D eigenvalue weighted by Gasteiger charge is -2.33. The van der Waals surface area contributed by atoms with Crippen LogP contribution in [0.2, 0.25) is 0 Å². The van der Waals surface area contributed by atoms with Gasteiger partial charge in [0.15, 0.2) is 0 Å². The Labute approximate surface area is 159 Å². The molecule has 0 aliphatic carbocycles. The number of amides is 1. The van der Waals surface area contributed by atoms with E-state index in [9.17, 15) is 4.79 Å². The van der Waals surface area contributed by atoms with Crippen LogP contribution in [-0.4, -0.2) is 47.9 Å². The fourth-order valence-electron chi connectivity index (χ4n) is 4.39. The van der Waals surface area contributed by atoms with Crippen molar-refractivity contribution in [2.75, 3.05) is 26.2 Å². The molecule has 26 heavy (non-hydrogen) atoms. The Hall–Kier alpha value is -1.69. The Bertz CT molecular complexity index is 760. The summed E-state index contributed by atoms with van der Waals surface area (Å²) in [7, 11) is 0. The van der Waals surface area contributed by atoms with Crippen LogP contribution in [0.15, 0.2) is 41.8 Å². The lowest BCUT2D eigenvalue weighted by Crippen LogP contribution is -2.47. The fourth-order valence-corrected chi connectivity index (χ4v) is 5.28. The summed E-state index contributed by atoms with van der Waals surface area (Å²) in [5, 5.41) is 2.14. The molecule has 1 saturated heterocycles. The second-order valence-electron chi connectivity index (χ2n) is 7.52. The first-order valence-corrected chi connectivity index (χ1v) is 10.4. The molecule has 1 unspecified atom stereocenters. The summed E-state index contributed by atoms with van der Waals surface area (Å²) in [4.78, 5) is 18.9. The average molecular weight is 370 g/mol. The maximum absolute atomic E-state index is 13.1. The first kappa shape index (κ1) is 17.7. The van der Waals surface area contributed by atoms with Crippen LogP contribution in [0.25, 0.3) is 0 Å². The van der Waals surface area contributed by atoms with Gasteiger partial charge in [0.2, 0.25) is 5.91 Å². The molecule has 138 valence electrons. The average Bonchev–Trinajstić information content (AvgIpc) is 3.33. The van der Waals surface area contributed by atoms with E-state index >= 15 is 0 Å². The van der Waals surface area contributed by atoms with Crippen molar-refractivity contribution in [3.8, 4) is 0 Å². The van der Waals surface area contributed by atoms with Crippen LogP contribution in [0.5, 0.6) is 0 Å². The highest BCUT2D eigenvalue weighted by atomic mass is 32.1. The second-order valence-corrected chi connectivity index (χ2v) is 8.52. The molecule has 0 radical (unpaired) electrons. The zero-order chi connectivity index (χ0) is 18.1. The summed E-state index contributed by atoms with van der Waals surface area (Å²) >= 11 is 1.81. The topological polar surface area (TPSA) is 49.6 Å². The number of nitrogens with two attached hydrogens (primary N) is 1. The van der Waals surface area contributed by atoms with Crippen LogP contribution in [0, 0.1) is 5.92 Å². The van der Waals surface area contributed by atoms with Crippen LogP contribution in [0.3, 0.4) is 0 Å². The van der Waals surface area contributed by atoms with E-state index in [-0.39, 0.29) is 11.9 Å². The van der Waals surface area contributed by atoms with Crippen LogP contribution in [-0.2, 0) is 17.8 Å². The lowest BCUT2D eigenvalue weighted by atomic mass is 9.89. The molecule has 4 rings (SSSR count). The van der Waals surface area contributed by atoms with Crippen LogP contribution in [0.4, 0.5) is 0 Å². The number of rotatable bonds is 4. The van der Waals surface area contributed by atoms with Crippen molar-refractivity contribution in [3.63, 3.8) is 0 Å². The van der Waals surface area contributed by atoms with Gasteiger partial charge in [-0.1, -0.05) is 30.3 Å². The third-order valence-electron chi connectivity index (χ3n) is 6.02. The van der Waals surface area contributed by atoms with Gasteiger partial charge >= 0.3 is 0 Å². The van der Waals surface area contributed by atoms with Crippen molar-refractivity contribution in [1.82, 2.24) is 9.80 Å². The van der Waals surface area contributed by atoms with Crippen LogP contribution < -0.4 is 5.73 Å². The van der Waals surface area contributed by atoms with E-state index in [1.165, 1.54) is 16.0 Å². The highest BCUT2D eigenvalue weighted by molar-refractivity contribution is 7.10. The normalized spacial score (nSPS) is 24.5. The zero-order valence-corrected chi connectivity index (χ0v) is 16.1. The van der Waals surface area contributed by atoms with Gasteiger partial charge in [-0.3, -0.25) is 9.69 Å². The maximum Gasteiger partial charge on any atom is 0.239 e. The van der Waals surface area contributed by atoms with E-state index < -0.39 is 0 Å². The van der Waals surface area contributed by atoms with E-state index in [4.69, 9.17) is 5.73 Å². The molecule has 1 aromatic carbocycles. The maximum atomic E-state index is 13.1. The van der Waals surface area contributed by atoms with Crippen molar-refractivity contribution in [1.29, 1.82) is 0 Å². The van der Waals surface area contributed by atoms with E-state index in [2.05, 4.69) is 53.6 Å². The third-order valence-corrected chi connectivity index (χ3v) is 7.05. The number of fused-ring (bicyclic) bond motifs is 1. The predicted molar refractivity (Wildman–Crippen MR) is 106 cm³/mol. The van der Waals surface area contributed by atoms with E-state index in [1.807, 2.05) is 16.2 Å². The Balaban J connectivity index is 1.45. The molecule has 1 aromatic heterocycles. The van der Waals surface area contributed by atoms with Crippen molar-refractivity contribution in [2.45, 2.75) is 31.8 Å². The van der Waals surface area contributed by atoms with Gasteiger partial charge in [0.25, 0.3) is 0 Å². The number of carbonyl (C=O) groups is 1. The van der Waals surface area contributed by atoms with Gasteiger partial charge < -0.3 is 10.6 Å². The number of hydrogen-bond donors (Lipinski definition) is 1. The zero-order valence-electron chi connectivity index (χ0n) is 15.3. The van der Waals surface area contributed by atoms with Crippen LogP contribution in [0.1, 0.15) is 28.8 Å². The van der Waals surface area contributed by atoms with Gasteiger partial charge in [-0.15, -0.1) is 11.3 Å². The number of benzene rings is 1. The summed E-state index contributed by atoms with van der Waals surface area (Å²) in [6.07, 6.45) is 0.990. The molecule has 1 amide bonds. The summed E-state index contributed by atoms with van der Waals surface area (Å²) in [5.74, 6) is 1.09. The molecule has 0 spiro atoms. The highest BCUT2D eigenvalue weighted by Gasteiger charge is 2.38. The Morgan fingerprint density at radius 3 is 2.85 bits per heavy atom. The Morgan fingerprint density at radius 1 is 1.27 bits per heavy atom. The molecule has 2 N–H and O–H groups in total. The first-order chi connectivity index (χ1) is 12.7. The molecule has 0 saturated carbocycles. The number of thiophene rings is 1. The van der Waals surface area contributed by atoms with Gasteiger partial charge in [-0.2, -0.15) is 0 Å². The van der Waals surface area contributed by atoms with E-state index in [0.717, 1.165) is 32.6 Å². The monoisotopic (exact) mass is 369 g/mol. The largest absolute Gasteiger partial charge is 0.337 e. The SMILES string of the molecule is CC(C(=O)N1CCc2sccc2C1)N1C[C@@H](CN)[C@H](c2ccccc2)C1. The number of nitrogens with zero attached hydrogens (tertiary/aromatic N) is 2. The Kier molecular flexibility index (Phi) is 5.11. The second kappa shape index (κ2) is 7.51. The Morgan fingerprint density at radius 2 is 2.08 bits per heavy atom. The summed E-state index contributed by atoms with van der Waals surface area (Å²) < 4.78 is 0. The van der Waals surface area contributed by atoms with Crippen LogP contribution >= 0.6 is 11.3 Å². The smallest absolute Gasteiger partial charge is 0.239 e. The summed E-state index contributed by atoms with van der Waals surface area (Å²) in [5.41, 5.74) is 8.73. The van der Waals surface area contributed by atoms with Gasteiger partial charge in [0, 0.05) is 37.0 Å². The number of carbonyl (C=O) groups excluding carboxylic acids is 1. The minimum Gasteiger partial charge on any atom is -0.337 e. The molecular formula is C21H27N3OS. The molecular weight excluding hydrogens is 342 g/mol. The molecule has 4 nitrogen and oxygen atoms in total. The summed E-state index contributed by atoms with van der Waals surface area (Å²) in [6.45, 7) is 6.15. The van der Waals surface area contributed by atoms with E-state index in [1.54, 1.807) is 0 Å². The molecule has 5 heteroatoms. The minimum atomic E-state index is -0.0852. The lowest BCUT2D eigenvalue weighted by molar-refractivity contribution is -0.137. The molecule has 3 heterocycles. The van der Waals surface area contributed by atoms with Gasteiger partial charge in [-0.25, -0.2) is 0 Å². The van der Waals surface area contributed by atoms with Gasteiger partial charge in [0.05, 0.1) is 6.04 Å². The van der Waals surface area contributed by atoms with Gasteiger partial charge in [-0.05, 0) is 48.4 Å². The molecule has 2 aliphatic heterocycles. The van der Waals surface area contributed by atoms with Gasteiger partial charge in [0.1, 0.15) is 0 Å². The van der Waals surface area contributed by atoms with Crippen molar-refractivity contribution in [2.24, 2.45) is 11.7 Å². The molecule has 0 bridgehead atoms. The third kappa shape index (κ3) is 3.31. The number of likely N-dealkylation sites (tertiary alicyclic amines) is 1. The fraction of sp³-hybridized carbons (Fsp3) is 0.476. The molecule has 2 aliphatic rings. The standard InChI is InChI=1S/C21H27N3OS/c1-15(21(25)23-9-7-20-17(12-23)8-10-26-20)24-13-18(11-22)19(14-24)16-5-3-2-4-6-16/h2-6,8,10,15,18-19H,7,9,11-14,22H2,1H3/t15?,18-,19+/m1/s1. The number of hydrogen-bond acceptors (Lipinski definition) is 4.